The van der Waals surface area contributed by atoms with Crippen LogP contribution in [0, 0.1) is 10.1 Å². The fraction of sp³-hybridized carbons (Fsp3) is 0. The Hall–Kier alpha value is -3.29. The van der Waals surface area contributed by atoms with Gasteiger partial charge < -0.3 is 10.4 Å². The van der Waals surface area contributed by atoms with Crippen LogP contribution in [0.4, 0.5) is 11.4 Å². The smallest absolute Gasteiger partial charge is 0.354 e. The number of nitro groups is 1. The Bertz CT molecular complexity index is 729. The number of para-hydroxylation sites is 1. The number of benzene rings is 1. The number of carboxylic acid groups (broad SMARTS) is 1. The average molecular weight is 287 g/mol. The number of aromatic nitrogens is 1. The molecule has 8 nitrogen and oxygen atoms in total. The number of aromatic carboxylic acids is 1. The second-order valence-corrected chi connectivity index (χ2v) is 3.96. The van der Waals surface area contributed by atoms with Gasteiger partial charge in [-0.2, -0.15) is 0 Å². The molecule has 0 fully saturated rings. The van der Waals surface area contributed by atoms with Crippen molar-refractivity contribution in [2.75, 3.05) is 5.32 Å². The molecule has 0 atom stereocenters. The van der Waals surface area contributed by atoms with Gasteiger partial charge in [0.2, 0.25) is 0 Å². The minimum absolute atomic E-state index is 0.115. The number of carbonyl (C=O) groups is 2. The lowest BCUT2D eigenvalue weighted by molar-refractivity contribution is -0.385. The number of nitrogens with one attached hydrogen (secondary N) is 1. The maximum Gasteiger partial charge on any atom is 0.354 e. The second-order valence-electron chi connectivity index (χ2n) is 3.96. The van der Waals surface area contributed by atoms with E-state index in [1.54, 1.807) is 0 Å². The van der Waals surface area contributed by atoms with E-state index in [-0.39, 0.29) is 22.6 Å². The minimum atomic E-state index is -1.24. The van der Waals surface area contributed by atoms with Gasteiger partial charge >= 0.3 is 5.97 Å². The molecular weight excluding hydrogens is 278 g/mol. The highest BCUT2D eigenvalue weighted by Crippen LogP contribution is 2.19. The molecule has 21 heavy (non-hydrogen) atoms. The van der Waals surface area contributed by atoms with Crippen molar-refractivity contribution in [1.29, 1.82) is 0 Å². The normalized spacial score (nSPS) is 9.90. The van der Waals surface area contributed by atoms with Crippen LogP contribution >= 0.6 is 0 Å². The van der Waals surface area contributed by atoms with Crippen molar-refractivity contribution in [3.05, 3.63) is 64.0 Å². The molecular formula is C13H9N3O5. The zero-order chi connectivity index (χ0) is 15.4. The van der Waals surface area contributed by atoms with Crippen molar-refractivity contribution < 1.29 is 19.6 Å². The predicted octanol–water partition coefficient (Wildman–Crippen LogP) is 1.94. The highest BCUT2D eigenvalue weighted by molar-refractivity contribution is 6.07. The van der Waals surface area contributed by atoms with E-state index >= 15 is 0 Å². The molecule has 0 aliphatic heterocycles. The topological polar surface area (TPSA) is 122 Å². The van der Waals surface area contributed by atoms with Gasteiger partial charge in [-0.1, -0.05) is 12.1 Å². The lowest BCUT2D eigenvalue weighted by Crippen LogP contribution is -2.14. The molecule has 1 heterocycles. The first kappa shape index (κ1) is 14.1. The summed E-state index contributed by atoms with van der Waals surface area (Å²) >= 11 is 0. The van der Waals surface area contributed by atoms with Crippen molar-refractivity contribution in [3.63, 3.8) is 0 Å². The Morgan fingerprint density at radius 3 is 2.62 bits per heavy atom. The summed E-state index contributed by atoms with van der Waals surface area (Å²) in [6, 6.07) is 8.02. The van der Waals surface area contributed by atoms with Gasteiger partial charge in [0, 0.05) is 18.0 Å². The fourth-order valence-electron chi connectivity index (χ4n) is 1.65. The molecule has 0 radical (unpaired) electrons. The van der Waals surface area contributed by atoms with Gasteiger partial charge in [0.25, 0.3) is 11.6 Å². The summed E-state index contributed by atoms with van der Waals surface area (Å²) in [4.78, 5) is 36.6. The molecule has 0 aliphatic carbocycles. The predicted molar refractivity (Wildman–Crippen MR) is 72.2 cm³/mol. The molecule has 106 valence electrons. The molecule has 1 amide bonds. The summed E-state index contributed by atoms with van der Waals surface area (Å²) < 4.78 is 0. The van der Waals surface area contributed by atoms with Crippen LogP contribution in [0.1, 0.15) is 20.8 Å². The molecule has 0 spiro atoms. The first-order chi connectivity index (χ1) is 9.99. The molecule has 0 aliphatic rings. The monoisotopic (exact) mass is 287 g/mol. The maximum absolute atomic E-state index is 12.0. The molecule has 1 aromatic heterocycles. The van der Waals surface area contributed by atoms with Crippen LogP contribution in [-0.2, 0) is 0 Å². The number of pyridine rings is 1. The Balaban J connectivity index is 2.28. The molecule has 1 aromatic carbocycles. The van der Waals surface area contributed by atoms with E-state index in [1.165, 1.54) is 36.5 Å². The van der Waals surface area contributed by atoms with Gasteiger partial charge in [-0.15, -0.1) is 0 Å². The lowest BCUT2D eigenvalue weighted by Gasteiger charge is -2.06. The van der Waals surface area contributed by atoms with E-state index in [1.807, 2.05) is 0 Å². The average Bonchev–Trinajstić information content (AvgIpc) is 2.47. The van der Waals surface area contributed by atoms with E-state index in [4.69, 9.17) is 5.11 Å². The van der Waals surface area contributed by atoms with Gasteiger partial charge in [-0.3, -0.25) is 14.9 Å². The lowest BCUT2D eigenvalue weighted by atomic mass is 10.1. The van der Waals surface area contributed by atoms with Gasteiger partial charge in [0.05, 0.1) is 4.92 Å². The van der Waals surface area contributed by atoms with Crippen molar-refractivity contribution in [1.82, 2.24) is 4.98 Å². The fourth-order valence-corrected chi connectivity index (χ4v) is 1.65. The van der Waals surface area contributed by atoms with Gasteiger partial charge in [-0.25, -0.2) is 9.78 Å². The third-order valence-corrected chi connectivity index (χ3v) is 2.58. The van der Waals surface area contributed by atoms with Crippen molar-refractivity contribution in [2.45, 2.75) is 0 Å². The van der Waals surface area contributed by atoms with E-state index in [0.29, 0.717) is 0 Å². The summed E-state index contributed by atoms with van der Waals surface area (Å²) in [6.07, 6.45) is 1.22. The second kappa shape index (κ2) is 5.78. The summed E-state index contributed by atoms with van der Waals surface area (Å²) in [5, 5.41) is 22.1. The van der Waals surface area contributed by atoms with Crippen LogP contribution in [0.2, 0.25) is 0 Å². The Morgan fingerprint density at radius 1 is 1.24 bits per heavy atom. The highest BCUT2D eigenvalue weighted by atomic mass is 16.6. The number of amides is 1. The van der Waals surface area contributed by atoms with E-state index < -0.39 is 16.8 Å². The number of nitrogens with zero attached hydrogens (tertiary/aromatic N) is 2. The molecule has 0 unspecified atom stereocenters. The van der Waals surface area contributed by atoms with E-state index in [9.17, 15) is 19.7 Å². The minimum Gasteiger partial charge on any atom is -0.477 e. The van der Waals surface area contributed by atoms with Crippen LogP contribution in [0.15, 0.2) is 42.6 Å². The summed E-state index contributed by atoms with van der Waals surface area (Å²) in [5.74, 6) is -1.94. The largest absolute Gasteiger partial charge is 0.477 e. The summed E-state index contributed by atoms with van der Waals surface area (Å²) in [5.41, 5.74) is -0.500. The molecule has 2 rings (SSSR count). The number of anilines is 1. The van der Waals surface area contributed by atoms with E-state index in [2.05, 4.69) is 10.3 Å². The van der Waals surface area contributed by atoms with Gasteiger partial charge in [0.15, 0.2) is 0 Å². The zero-order valence-electron chi connectivity index (χ0n) is 10.5. The quantitative estimate of drug-likeness (QED) is 0.654. The van der Waals surface area contributed by atoms with Crippen LogP contribution in [0.25, 0.3) is 0 Å². The number of carboxylic acids is 1. The Kier molecular flexibility index (Phi) is 3.89. The van der Waals surface area contributed by atoms with Gasteiger partial charge in [0.1, 0.15) is 11.3 Å². The number of nitro benzene ring substituents is 1. The van der Waals surface area contributed by atoms with E-state index in [0.717, 1.165) is 6.07 Å². The standard InChI is InChI=1S/C13H9N3O5/c17-12(9-3-1-2-4-11(9)16(20)21)15-8-5-6-14-10(7-8)13(18)19/h1-7H,(H,18,19)(H,14,15,17). The van der Waals surface area contributed by atoms with Crippen LogP contribution in [-0.4, -0.2) is 26.9 Å². The third kappa shape index (κ3) is 3.18. The first-order valence-corrected chi connectivity index (χ1v) is 5.73. The zero-order valence-corrected chi connectivity index (χ0v) is 10.5. The molecule has 0 saturated carbocycles. The Labute approximate surface area is 118 Å². The molecule has 2 aromatic rings. The SMILES string of the molecule is O=C(O)c1cc(NC(=O)c2ccccc2[N+](=O)[O-])ccn1. The van der Waals surface area contributed by atoms with Crippen LogP contribution < -0.4 is 5.32 Å². The Morgan fingerprint density at radius 2 is 1.95 bits per heavy atom. The third-order valence-electron chi connectivity index (χ3n) is 2.58. The first-order valence-electron chi connectivity index (χ1n) is 5.73. The number of rotatable bonds is 4. The van der Waals surface area contributed by atoms with Crippen molar-refractivity contribution >= 4 is 23.3 Å². The van der Waals surface area contributed by atoms with Gasteiger partial charge in [-0.05, 0) is 18.2 Å². The maximum atomic E-state index is 12.0. The highest BCUT2D eigenvalue weighted by Gasteiger charge is 2.19. The number of carbonyl (C=O) groups excluding carboxylic acids is 1. The van der Waals surface area contributed by atoms with Crippen LogP contribution in [0.3, 0.4) is 0 Å². The number of hydrogen-bond donors (Lipinski definition) is 2. The number of hydrogen-bond acceptors (Lipinski definition) is 5. The van der Waals surface area contributed by atoms with Crippen molar-refractivity contribution in [3.8, 4) is 0 Å². The summed E-state index contributed by atoms with van der Waals surface area (Å²) in [7, 11) is 0. The molecule has 0 saturated heterocycles. The molecule has 2 N–H and O–H groups in total. The molecule has 0 bridgehead atoms. The summed E-state index contributed by atoms with van der Waals surface area (Å²) in [6.45, 7) is 0. The van der Waals surface area contributed by atoms with Crippen LogP contribution in [0.5, 0.6) is 0 Å². The van der Waals surface area contributed by atoms with Crippen molar-refractivity contribution in [2.24, 2.45) is 0 Å². The molecule has 8 heteroatoms.